The molecule has 0 saturated carbocycles. The van der Waals surface area contributed by atoms with Crippen LogP contribution in [-0.4, -0.2) is 31.2 Å². The third-order valence-corrected chi connectivity index (χ3v) is 5.49. The molecule has 0 N–H and O–H groups in total. The minimum atomic E-state index is -2.84. The largest absolute Gasteiger partial charge is 0.296 e. The van der Waals surface area contributed by atoms with E-state index in [0.29, 0.717) is 17.9 Å². The van der Waals surface area contributed by atoms with E-state index >= 15 is 0 Å². The lowest BCUT2D eigenvalue weighted by Gasteiger charge is -2.20. The average Bonchev–Trinajstić information content (AvgIpc) is 2.64. The van der Waals surface area contributed by atoms with Crippen LogP contribution >= 0.6 is 11.3 Å². The fourth-order valence-electron chi connectivity index (χ4n) is 2.00. The number of carbonyl (C=O) groups is 1. The van der Waals surface area contributed by atoms with E-state index < -0.39 is 9.84 Å². The first-order valence-electron chi connectivity index (χ1n) is 5.19. The number of hydrogen-bond donors (Lipinski definition) is 0. The van der Waals surface area contributed by atoms with Crippen LogP contribution in [0.3, 0.4) is 0 Å². The second-order valence-corrected chi connectivity index (χ2v) is 7.28. The lowest BCUT2D eigenvalue weighted by molar-refractivity contribution is 0.111. The number of hydrogen-bond acceptors (Lipinski definition) is 5. The summed E-state index contributed by atoms with van der Waals surface area (Å²) in [6.45, 7) is 0. The fraction of sp³-hybridized carbons (Fsp3) is 0.600. The van der Waals surface area contributed by atoms with Gasteiger partial charge in [-0.2, -0.15) is 0 Å². The Morgan fingerprint density at radius 1 is 1.56 bits per heavy atom. The van der Waals surface area contributed by atoms with Crippen LogP contribution in [0.2, 0.25) is 0 Å². The summed E-state index contributed by atoms with van der Waals surface area (Å²) in [5, 5.41) is 2.57. The van der Waals surface area contributed by atoms with Crippen molar-refractivity contribution < 1.29 is 13.2 Å². The van der Waals surface area contributed by atoms with E-state index in [0.717, 1.165) is 24.1 Å². The minimum absolute atomic E-state index is 0.171. The molecule has 6 heteroatoms. The van der Waals surface area contributed by atoms with E-state index in [9.17, 15) is 13.2 Å². The first kappa shape index (κ1) is 11.7. The molecule has 0 bridgehead atoms. The summed E-state index contributed by atoms with van der Waals surface area (Å²) in [4.78, 5) is 14.6. The zero-order chi connectivity index (χ0) is 11.6. The van der Waals surface area contributed by atoms with E-state index in [-0.39, 0.29) is 11.7 Å². The van der Waals surface area contributed by atoms with Gasteiger partial charge in [0, 0.05) is 11.8 Å². The highest BCUT2D eigenvalue weighted by molar-refractivity contribution is 7.91. The standard InChI is InChI=1S/C10H13NO3S2/c12-5-9-6-15-10(11-9)4-8-2-1-3-16(13,14)7-8/h5-6,8H,1-4,7H2. The molecule has 1 aliphatic rings. The number of aldehydes is 1. The van der Waals surface area contributed by atoms with Crippen LogP contribution in [0.15, 0.2) is 5.38 Å². The van der Waals surface area contributed by atoms with Crippen molar-refractivity contribution in [1.82, 2.24) is 4.98 Å². The number of sulfone groups is 1. The second-order valence-electron chi connectivity index (χ2n) is 4.11. The number of rotatable bonds is 3. The summed E-state index contributed by atoms with van der Waals surface area (Å²) in [5.74, 6) is 0.758. The average molecular weight is 259 g/mol. The quantitative estimate of drug-likeness (QED) is 0.768. The maximum atomic E-state index is 11.4. The van der Waals surface area contributed by atoms with Crippen molar-refractivity contribution in [2.75, 3.05) is 11.5 Å². The molecule has 2 rings (SSSR count). The number of thiazole rings is 1. The van der Waals surface area contributed by atoms with Gasteiger partial charge >= 0.3 is 0 Å². The fourth-order valence-corrected chi connectivity index (χ4v) is 4.63. The molecule has 0 aliphatic carbocycles. The molecule has 1 aromatic rings. The minimum Gasteiger partial charge on any atom is -0.296 e. The first-order valence-corrected chi connectivity index (χ1v) is 7.89. The van der Waals surface area contributed by atoms with Crippen molar-refractivity contribution in [3.8, 4) is 0 Å². The molecule has 0 amide bonds. The molecule has 16 heavy (non-hydrogen) atoms. The smallest absolute Gasteiger partial charge is 0.169 e. The molecule has 1 unspecified atom stereocenters. The summed E-state index contributed by atoms with van der Waals surface area (Å²) >= 11 is 1.43. The van der Waals surface area contributed by atoms with Crippen molar-refractivity contribution in [2.45, 2.75) is 19.3 Å². The molecule has 2 heterocycles. The zero-order valence-electron chi connectivity index (χ0n) is 8.76. The van der Waals surface area contributed by atoms with E-state index in [4.69, 9.17) is 0 Å². The lowest BCUT2D eigenvalue weighted by atomic mass is 10.0. The summed E-state index contributed by atoms with van der Waals surface area (Å²) < 4.78 is 22.9. The van der Waals surface area contributed by atoms with Gasteiger partial charge in [-0.3, -0.25) is 4.79 Å². The van der Waals surface area contributed by atoms with Crippen LogP contribution in [0.4, 0.5) is 0 Å². The van der Waals surface area contributed by atoms with Crippen LogP contribution in [0.25, 0.3) is 0 Å². The normalized spacial score (nSPS) is 24.1. The SMILES string of the molecule is O=Cc1csc(CC2CCCS(=O)(=O)C2)n1. The van der Waals surface area contributed by atoms with Crippen molar-refractivity contribution in [2.24, 2.45) is 5.92 Å². The maximum Gasteiger partial charge on any atom is 0.169 e. The second kappa shape index (κ2) is 4.63. The Morgan fingerprint density at radius 2 is 2.38 bits per heavy atom. The summed E-state index contributed by atoms with van der Waals surface area (Å²) in [6, 6.07) is 0. The Balaban J connectivity index is 2.01. The molecule has 1 saturated heterocycles. The van der Waals surface area contributed by atoms with Gasteiger partial charge in [-0.15, -0.1) is 11.3 Å². The topological polar surface area (TPSA) is 64.1 Å². The third kappa shape index (κ3) is 2.89. The number of nitrogens with zero attached hydrogens (tertiary/aromatic N) is 1. The molecule has 0 radical (unpaired) electrons. The highest BCUT2D eigenvalue weighted by atomic mass is 32.2. The molecule has 88 valence electrons. The van der Waals surface area contributed by atoms with E-state index in [1.165, 1.54) is 11.3 Å². The Labute approximate surface area is 98.6 Å². The van der Waals surface area contributed by atoms with Crippen LogP contribution in [-0.2, 0) is 16.3 Å². The van der Waals surface area contributed by atoms with Crippen molar-refractivity contribution >= 4 is 27.5 Å². The van der Waals surface area contributed by atoms with E-state index in [2.05, 4.69) is 4.98 Å². The van der Waals surface area contributed by atoms with Crippen LogP contribution in [0.5, 0.6) is 0 Å². The van der Waals surface area contributed by atoms with E-state index in [1.807, 2.05) is 0 Å². The monoisotopic (exact) mass is 259 g/mol. The first-order chi connectivity index (χ1) is 7.59. The van der Waals surface area contributed by atoms with Gasteiger partial charge in [-0.05, 0) is 18.8 Å². The van der Waals surface area contributed by atoms with Gasteiger partial charge in [0.25, 0.3) is 0 Å². The molecule has 0 spiro atoms. The summed E-state index contributed by atoms with van der Waals surface area (Å²) in [6.07, 6.45) is 3.09. The summed E-state index contributed by atoms with van der Waals surface area (Å²) in [7, 11) is -2.84. The molecule has 1 fully saturated rings. The van der Waals surface area contributed by atoms with Crippen molar-refractivity contribution in [3.63, 3.8) is 0 Å². The molecule has 1 atom stereocenters. The zero-order valence-corrected chi connectivity index (χ0v) is 10.4. The van der Waals surface area contributed by atoms with Gasteiger partial charge < -0.3 is 0 Å². The van der Waals surface area contributed by atoms with Crippen molar-refractivity contribution in [3.05, 3.63) is 16.1 Å². The van der Waals surface area contributed by atoms with Gasteiger partial charge in [0.15, 0.2) is 16.1 Å². The van der Waals surface area contributed by atoms with Crippen LogP contribution in [0.1, 0.15) is 28.3 Å². The van der Waals surface area contributed by atoms with Crippen LogP contribution in [0, 0.1) is 5.92 Å². The molecular formula is C10H13NO3S2. The maximum absolute atomic E-state index is 11.4. The predicted molar refractivity (Wildman–Crippen MR) is 62.6 cm³/mol. The Hall–Kier alpha value is -0.750. The third-order valence-electron chi connectivity index (χ3n) is 2.71. The number of aromatic nitrogens is 1. The summed E-state index contributed by atoms with van der Waals surface area (Å²) in [5.41, 5.74) is 0.443. The van der Waals surface area contributed by atoms with Crippen molar-refractivity contribution in [1.29, 1.82) is 0 Å². The van der Waals surface area contributed by atoms with Gasteiger partial charge in [-0.25, -0.2) is 13.4 Å². The van der Waals surface area contributed by atoms with Gasteiger partial charge in [-0.1, -0.05) is 0 Å². The lowest BCUT2D eigenvalue weighted by Crippen LogP contribution is -2.26. The number of carbonyl (C=O) groups excluding carboxylic acids is 1. The Morgan fingerprint density at radius 3 is 3.00 bits per heavy atom. The molecule has 1 aromatic heterocycles. The van der Waals surface area contributed by atoms with Gasteiger partial charge in [0.1, 0.15) is 5.69 Å². The molecular weight excluding hydrogens is 246 g/mol. The van der Waals surface area contributed by atoms with Crippen LogP contribution < -0.4 is 0 Å². The van der Waals surface area contributed by atoms with E-state index in [1.54, 1.807) is 5.38 Å². The Bertz CT molecular complexity index is 478. The van der Waals surface area contributed by atoms with Gasteiger partial charge in [0.05, 0.1) is 16.5 Å². The molecule has 4 nitrogen and oxygen atoms in total. The Kier molecular flexibility index (Phi) is 3.39. The molecule has 0 aromatic carbocycles. The highest BCUT2D eigenvalue weighted by Crippen LogP contribution is 2.23. The predicted octanol–water partition coefficient (Wildman–Crippen LogP) is 1.32. The van der Waals surface area contributed by atoms with Gasteiger partial charge in [0.2, 0.25) is 0 Å². The highest BCUT2D eigenvalue weighted by Gasteiger charge is 2.25. The molecule has 1 aliphatic heterocycles.